The van der Waals surface area contributed by atoms with Crippen LogP contribution in [-0.2, 0) is 12.3 Å². The van der Waals surface area contributed by atoms with Crippen LogP contribution in [0.1, 0.15) is 27.3 Å². The summed E-state index contributed by atoms with van der Waals surface area (Å²) in [5.41, 5.74) is 2.77. The third-order valence-electron chi connectivity index (χ3n) is 4.18. The highest BCUT2D eigenvalue weighted by Crippen LogP contribution is 2.19. The van der Waals surface area contributed by atoms with E-state index in [0.717, 1.165) is 15.4 Å². The van der Waals surface area contributed by atoms with E-state index in [9.17, 15) is 9.59 Å². The lowest BCUT2D eigenvalue weighted by atomic mass is 10.1. The van der Waals surface area contributed by atoms with Crippen LogP contribution in [0.5, 0.6) is 0 Å². The van der Waals surface area contributed by atoms with Crippen molar-refractivity contribution in [2.75, 3.05) is 7.05 Å². The number of hydrogen-bond acceptors (Lipinski definition) is 5. The third kappa shape index (κ3) is 4.76. The molecule has 1 aromatic heterocycles. The summed E-state index contributed by atoms with van der Waals surface area (Å²) in [4.78, 5) is 32.0. The van der Waals surface area contributed by atoms with Gasteiger partial charge in [0.15, 0.2) is 0 Å². The van der Waals surface area contributed by atoms with Crippen molar-refractivity contribution in [3.05, 3.63) is 75.3 Å². The van der Waals surface area contributed by atoms with Crippen molar-refractivity contribution in [2.45, 2.75) is 19.2 Å². The summed E-state index contributed by atoms with van der Waals surface area (Å²) in [6.45, 7) is 2.33. The van der Waals surface area contributed by atoms with Gasteiger partial charge in [-0.15, -0.1) is 0 Å². The predicted octanol–water partition coefficient (Wildman–Crippen LogP) is 3.58. The van der Waals surface area contributed by atoms with Crippen molar-refractivity contribution in [1.29, 1.82) is 0 Å². The summed E-state index contributed by atoms with van der Waals surface area (Å²) in [5, 5.41) is 9.51. The average molecular weight is 414 g/mol. The van der Waals surface area contributed by atoms with Crippen molar-refractivity contribution >= 4 is 45.2 Å². The molecule has 2 N–H and O–H groups in total. The van der Waals surface area contributed by atoms with Crippen LogP contribution in [0.15, 0.2) is 47.3 Å². The Morgan fingerprint density at radius 2 is 1.89 bits per heavy atom. The quantitative estimate of drug-likeness (QED) is 0.618. The molecule has 0 aliphatic heterocycles. The van der Waals surface area contributed by atoms with E-state index in [4.69, 9.17) is 17.3 Å². The second kappa shape index (κ2) is 8.53. The molecule has 0 unspecified atom stereocenters. The van der Waals surface area contributed by atoms with Crippen molar-refractivity contribution < 1.29 is 9.90 Å². The summed E-state index contributed by atoms with van der Waals surface area (Å²) in [7, 11) is 1.91. The Balaban J connectivity index is 1.63. The number of thioether (sulfide) groups is 1. The Bertz CT molecular complexity index is 1090. The van der Waals surface area contributed by atoms with Gasteiger partial charge in [-0.2, -0.15) is 0 Å². The van der Waals surface area contributed by atoms with E-state index in [2.05, 4.69) is 9.97 Å². The highest BCUT2D eigenvalue weighted by atomic mass is 32.2. The average Bonchev–Trinajstić information content (AvgIpc) is 2.66. The molecule has 0 aliphatic rings. The summed E-state index contributed by atoms with van der Waals surface area (Å²) >= 11 is 7.01. The van der Waals surface area contributed by atoms with Gasteiger partial charge in [0.25, 0.3) is 5.56 Å². The first-order chi connectivity index (χ1) is 13.3. The minimum atomic E-state index is -0.936. The van der Waals surface area contributed by atoms with E-state index >= 15 is 0 Å². The van der Waals surface area contributed by atoms with Gasteiger partial charge in [0, 0.05) is 19.3 Å². The molecule has 0 saturated heterocycles. The molecular formula is C20H19N3O3S2. The van der Waals surface area contributed by atoms with Crippen LogP contribution in [0.25, 0.3) is 10.9 Å². The molecule has 6 nitrogen and oxygen atoms in total. The molecule has 0 radical (unpaired) electrons. The van der Waals surface area contributed by atoms with Gasteiger partial charge in [0.05, 0.1) is 16.5 Å². The number of carboxylic acid groups (broad SMARTS) is 1. The number of aromatic carboxylic acids is 1. The zero-order valence-electron chi connectivity index (χ0n) is 15.4. The number of fused-ring (bicyclic) bond motifs is 1. The molecule has 144 valence electrons. The fourth-order valence-electron chi connectivity index (χ4n) is 2.74. The van der Waals surface area contributed by atoms with Crippen molar-refractivity contribution in [3.63, 3.8) is 0 Å². The highest BCUT2D eigenvalue weighted by Gasteiger charge is 2.09. The van der Waals surface area contributed by atoms with E-state index in [1.54, 1.807) is 31.2 Å². The number of nitrogens with zero attached hydrogens (tertiary/aromatic N) is 2. The second-order valence-electron chi connectivity index (χ2n) is 6.42. The van der Waals surface area contributed by atoms with E-state index in [-0.39, 0.29) is 11.1 Å². The topological polar surface area (TPSA) is 86.3 Å². The number of aromatic nitrogens is 2. The third-order valence-corrected chi connectivity index (χ3v) is 5.88. The van der Waals surface area contributed by atoms with E-state index in [1.165, 1.54) is 11.8 Å². The molecule has 0 bridgehead atoms. The van der Waals surface area contributed by atoms with Crippen LogP contribution in [-0.4, -0.2) is 37.3 Å². The van der Waals surface area contributed by atoms with Gasteiger partial charge in [-0.25, -0.2) is 9.78 Å². The van der Waals surface area contributed by atoms with Gasteiger partial charge in [0.2, 0.25) is 0 Å². The van der Waals surface area contributed by atoms with Crippen LogP contribution in [0.2, 0.25) is 0 Å². The van der Waals surface area contributed by atoms with Gasteiger partial charge in [-0.3, -0.25) is 4.79 Å². The summed E-state index contributed by atoms with van der Waals surface area (Å²) in [5.74, 6) is 0.314. The van der Waals surface area contributed by atoms with Crippen molar-refractivity contribution in [1.82, 2.24) is 14.9 Å². The van der Waals surface area contributed by atoms with Crippen molar-refractivity contribution in [2.24, 2.45) is 0 Å². The Hall–Kier alpha value is -2.71. The van der Waals surface area contributed by atoms with E-state index in [1.807, 2.05) is 30.1 Å². The van der Waals surface area contributed by atoms with Crippen LogP contribution < -0.4 is 5.56 Å². The largest absolute Gasteiger partial charge is 0.478 e. The minimum Gasteiger partial charge on any atom is -0.478 e. The first kappa shape index (κ1) is 20.0. The molecule has 0 spiro atoms. The molecule has 2 aromatic carbocycles. The van der Waals surface area contributed by atoms with Gasteiger partial charge < -0.3 is 15.0 Å². The molecule has 0 saturated carbocycles. The summed E-state index contributed by atoms with van der Waals surface area (Å²) in [6.07, 6.45) is 0. The Morgan fingerprint density at radius 1 is 1.21 bits per heavy atom. The molecule has 8 heteroatoms. The van der Waals surface area contributed by atoms with Crippen LogP contribution in [0, 0.1) is 6.92 Å². The van der Waals surface area contributed by atoms with Crippen LogP contribution in [0.4, 0.5) is 0 Å². The Kier molecular flexibility index (Phi) is 6.11. The number of carboxylic acids is 1. The van der Waals surface area contributed by atoms with Crippen LogP contribution >= 0.6 is 24.0 Å². The van der Waals surface area contributed by atoms with Crippen LogP contribution in [0.3, 0.4) is 0 Å². The van der Waals surface area contributed by atoms with Gasteiger partial charge in [0.1, 0.15) is 10.1 Å². The lowest BCUT2D eigenvalue weighted by molar-refractivity contribution is 0.0697. The van der Waals surface area contributed by atoms with Gasteiger partial charge >= 0.3 is 5.97 Å². The second-order valence-corrected chi connectivity index (χ2v) is 8.02. The number of carbonyl (C=O) groups is 1. The number of hydrogen-bond donors (Lipinski definition) is 2. The molecule has 3 rings (SSSR count). The fraction of sp³-hybridized carbons (Fsp3) is 0.200. The zero-order valence-corrected chi connectivity index (χ0v) is 17.1. The van der Waals surface area contributed by atoms with E-state index in [0.29, 0.717) is 29.0 Å². The Labute approximate surface area is 171 Å². The summed E-state index contributed by atoms with van der Waals surface area (Å²) in [6, 6.07) is 12.4. The van der Waals surface area contributed by atoms with Gasteiger partial charge in [-0.05, 0) is 42.3 Å². The number of rotatable bonds is 5. The van der Waals surface area contributed by atoms with Crippen molar-refractivity contribution in [3.8, 4) is 0 Å². The molecule has 0 atom stereocenters. The monoisotopic (exact) mass is 413 g/mol. The predicted molar refractivity (Wildman–Crippen MR) is 116 cm³/mol. The molecule has 0 amide bonds. The number of thiocarbonyl (C=S) groups is 1. The smallest absolute Gasteiger partial charge is 0.335 e. The zero-order chi connectivity index (χ0) is 20.3. The van der Waals surface area contributed by atoms with E-state index < -0.39 is 5.97 Å². The lowest BCUT2D eigenvalue weighted by Crippen LogP contribution is -2.22. The standard InChI is InChI=1S/C20H19N3O3S2/c1-12-21-17-8-5-14(9-16(17)18(24)22-12)10-23(2)20(27)28-11-13-3-6-15(7-4-13)19(25)26/h3-9H,10-11H2,1-2H3,(H,25,26)(H,21,22,24). The first-order valence-electron chi connectivity index (χ1n) is 8.53. The number of nitrogens with one attached hydrogen (secondary N) is 1. The molecule has 0 fully saturated rings. The normalized spacial score (nSPS) is 10.8. The van der Waals surface area contributed by atoms with Gasteiger partial charge in [-0.1, -0.05) is 42.2 Å². The number of aryl methyl sites for hydroxylation is 1. The summed E-state index contributed by atoms with van der Waals surface area (Å²) < 4.78 is 0.721. The lowest BCUT2D eigenvalue weighted by Gasteiger charge is -2.19. The first-order valence-corrected chi connectivity index (χ1v) is 9.92. The minimum absolute atomic E-state index is 0.145. The maximum absolute atomic E-state index is 12.1. The maximum Gasteiger partial charge on any atom is 0.335 e. The number of H-pyrrole nitrogens is 1. The molecule has 1 heterocycles. The number of benzene rings is 2. The maximum atomic E-state index is 12.1. The SMILES string of the molecule is Cc1nc2ccc(CN(C)C(=S)SCc3ccc(C(=O)O)cc3)cc2c(=O)[nH]1. The molecule has 28 heavy (non-hydrogen) atoms. The highest BCUT2D eigenvalue weighted by molar-refractivity contribution is 8.22. The molecule has 3 aromatic rings. The molecule has 0 aliphatic carbocycles. The Morgan fingerprint density at radius 3 is 2.57 bits per heavy atom. The fourth-order valence-corrected chi connectivity index (χ4v) is 3.75. The number of aromatic amines is 1. The molecular weight excluding hydrogens is 394 g/mol.